The molecule has 1 aromatic heterocycles. The number of nitrogens with one attached hydrogen (secondary N) is 2. The lowest BCUT2D eigenvalue weighted by atomic mass is 10.0. The average molecular weight is 443 g/mol. The van der Waals surface area contributed by atoms with Crippen molar-refractivity contribution in [3.8, 4) is 0 Å². The molecular formula is C27H27FN4O. The fourth-order valence-electron chi connectivity index (χ4n) is 3.86. The Hall–Kier alpha value is -3.77. The minimum absolute atomic E-state index is 0.209. The van der Waals surface area contributed by atoms with Gasteiger partial charge in [0.25, 0.3) is 0 Å². The van der Waals surface area contributed by atoms with Gasteiger partial charge in [-0.2, -0.15) is 5.10 Å². The Balaban J connectivity index is 1.52. The first-order valence-electron chi connectivity index (χ1n) is 10.9. The van der Waals surface area contributed by atoms with Crippen LogP contribution >= 0.6 is 0 Å². The van der Waals surface area contributed by atoms with Crippen molar-refractivity contribution >= 4 is 11.6 Å². The largest absolute Gasteiger partial charge is 0.324 e. The van der Waals surface area contributed by atoms with Crippen molar-refractivity contribution in [2.24, 2.45) is 0 Å². The zero-order valence-electron chi connectivity index (χ0n) is 18.8. The Labute approximate surface area is 193 Å². The first-order valence-corrected chi connectivity index (χ1v) is 10.9. The fraction of sp³-hybridized carbons (Fsp3) is 0.185. The molecule has 0 saturated carbocycles. The smallest absolute Gasteiger partial charge is 0.246 e. The second kappa shape index (κ2) is 10.2. The third-order valence-corrected chi connectivity index (χ3v) is 5.70. The summed E-state index contributed by atoms with van der Waals surface area (Å²) in [6, 6.07) is 25.0. The second-order valence-electron chi connectivity index (χ2n) is 8.01. The number of hydrogen-bond acceptors (Lipinski definition) is 3. The number of halogens is 1. The van der Waals surface area contributed by atoms with E-state index >= 15 is 0 Å². The van der Waals surface area contributed by atoms with Gasteiger partial charge in [-0.3, -0.25) is 14.8 Å². The Bertz CT molecular complexity index is 1200. The first-order chi connectivity index (χ1) is 16.0. The van der Waals surface area contributed by atoms with Gasteiger partial charge in [0.1, 0.15) is 11.9 Å². The maximum absolute atomic E-state index is 13.2. The van der Waals surface area contributed by atoms with Crippen LogP contribution in [0, 0.1) is 19.7 Å². The SMILES string of the molecule is Cc1nn(Cc2ccccc2)c(C)c1CN[C@H](C(=O)Nc1ccc(F)cc1)c1ccccc1. The Morgan fingerprint density at radius 1 is 0.939 bits per heavy atom. The van der Waals surface area contributed by atoms with Gasteiger partial charge in [-0.15, -0.1) is 0 Å². The minimum atomic E-state index is -0.576. The van der Waals surface area contributed by atoms with E-state index in [2.05, 4.69) is 29.7 Å². The molecule has 1 heterocycles. The summed E-state index contributed by atoms with van der Waals surface area (Å²) >= 11 is 0. The van der Waals surface area contributed by atoms with Crippen LogP contribution in [0.5, 0.6) is 0 Å². The molecule has 2 N–H and O–H groups in total. The Morgan fingerprint density at radius 3 is 2.24 bits per heavy atom. The van der Waals surface area contributed by atoms with Crippen LogP contribution in [0.25, 0.3) is 0 Å². The van der Waals surface area contributed by atoms with Crippen LogP contribution < -0.4 is 10.6 Å². The lowest BCUT2D eigenvalue weighted by Gasteiger charge is -2.19. The maximum atomic E-state index is 13.2. The second-order valence-corrected chi connectivity index (χ2v) is 8.01. The van der Waals surface area contributed by atoms with E-state index in [0.717, 1.165) is 22.5 Å². The predicted molar refractivity (Wildman–Crippen MR) is 128 cm³/mol. The van der Waals surface area contributed by atoms with Gasteiger partial charge < -0.3 is 5.32 Å². The Kier molecular flexibility index (Phi) is 6.95. The molecule has 0 radical (unpaired) electrons. The zero-order chi connectivity index (χ0) is 23.2. The first kappa shape index (κ1) is 22.4. The number of carbonyl (C=O) groups excluding carboxylic acids is 1. The third-order valence-electron chi connectivity index (χ3n) is 5.70. The van der Waals surface area contributed by atoms with Gasteiger partial charge in [-0.1, -0.05) is 60.7 Å². The molecule has 6 heteroatoms. The normalized spacial score (nSPS) is 11.8. The predicted octanol–water partition coefficient (Wildman–Crippen LogP) is 5.16. The number of aryl methyl sites for hydroxylation is 1. The molecule has 0 unspecified atom stereocenters. The van der Waals surface area contributed by atoms with Crippen LogP contribution in [0.15, 0.2) is 84.9 Å². The van der Waals surface area contributed by atoms with Crippen molar-refractivity contribution in [3.63, 3.8) is 0 Å². The number of rotatable bonds is 8. The lowest BCUT2D eigenvalue weighted by molar-refractivity contribution is -0.118. The molecule has 0 saturated heterocycles. The van der Waals surface area contributed by atoms with E-state index in [1.54, 1.807) is 12.1 Å². The van der Waals surface area contributed by atoms with Crippen molar-refractivity contribution in [3.05, 3.63) is 119 Å². The number of nitrogens with zero attached hydrogens (tertiary/aromatic N) is 2. The summed E-state index contributed by atoms with van der Waals surface area (Å²) in [6.07, 6.45) is 0. The fourth-order valence-corrected chi connectivity index (χ4v) is 3.86. The molecule has 0 aliphatic heterocycles. The summed E-state index contributed by atoms with van der Waals surface area (Å²) in [5, 5.41) is 11.0. The summed E-state index contributed by atoms with van der Waals surface area (Å²) in [5.41, 5.74) is 5.65. The van der Waals surface area contributed by atoms with Crippen molar-refractivity contribution < 1.29 is 9.18 Å². The van der Waals surface area contributed by atoms with E-state index in [-0.39, 0.29) is 11.7 Å². The zero-order valence-corrected chi connectivity index (χ0v) is 18.8. The molecule has 168 valence electrons. The molecule has 4 aromatic rings. The molecular weight excluding hydrogens is 415 g/mol. The molecule has 1 atom stereocenters. The molecule has 0 aliphatic carbocycles. The third kappa shape index (κ3) is 5.54. The van der Waals surface area contributed by atoms with Gasteiger partial charge in [-0.05, 0) is 49.2 Å². The minimum Gasteiger partial charge on any atom is -0.324 e. The van der Waals surface area contributed by atoms with E-state index < -0.39 is 6.04 Å². The van der Waals surface area contributed by atoms with Gasteiger partial charge >= 0.3 is 0 Å². The highest BCUT2D eigenvalue weighted by Gasteiger charge is 2.22. The van der Waals surface area contributed by atoms with Crippen LogP contribution in [-0.4, -0.2) is 15.7 Å². The molecule has 0 aliphatic rings. The number of anilines is 1. The van der Waals surface area contributed by atoms with E-state index in [9.17, 15) is 9.18 Å². The van der Waals surface area contributed by atoms with E-state index in [1.807, 2.05) is 60.1 Å². The summed E-state index contributed by atoms with van der Waals surface area (Å²) in [5.74, 6) is -0.552. The number of benzene rings is 3. The number of amides is 1. The van der Waals surface area contributed by atoms with Gasteiger partial charge in [0.2, 0.25) is 5.91 Å². The summed E-state index contributed by atoms with van der Waals surface area (Å²) in [6.45, 7) is 5.22. The molecule has 1 amide bonds. The van der Waals surface area contributed by atoms with Crippen LogP contribution in [-0.2, 0) is 17.9 Å². The summed E-state index contributed by atoms with van der Waals surface area (Å²) in [7, 11) is 0. The highest BCUT2D eigenvalue weighted by molar-refractivity contribution is 5.95. The Morgan fingerprint density at radius 2 is 1.58 bits per heavy atom. The van der Waals surface area contributed by atoms with Crippen LogP contribution in [0.1, 0.15) is 34.1 Å². The molecule has 3 aromatic carbocycles. The van der Waals surface area contributed by atoms with E-state index in [0.29, 0.717) is 18.8 Å². The van der Waals surface area contributed by atoms with E-state index in [4.69, 9.17) is 5.10 Å². The molecule has 0 bridgehead atoms. The van der Waals surface area contributed by atoms with Gasteiger partial charge in [-0.25, -0.2) is 4.39 Å². The summed E-state index contributed by atoms with van der Waals surface area (Å²) < 4.78 is 15.2. The van der Waals surface area contributed by atoms with Gasteiger partial charge in [0.15, 0.2) is 0 Å². The molecule has 5 nitrogen and oxygen atoms in total. The van der Waals surface area contributed by atoms with Crippen LogP contribution in [0.4, 0.5) is 10.1 Å². The number of carbonyl (C=O) groups is 1. The van der Waals surface area contributed by atoms with Crippen molar-refractivity contribution in [2.45, 2.75) is 33.0 Å². The van der Waals surface area contributed by atoms with Gasteiger partial charge in [0, 0.05) is 23.5 Å². The maximum Gasteiger partial charge on any atom is 0.246 e. The van der Waals surface area contributed by atoms with Crippen molar-refractivity contribution in [1.29, 1.82) is 0 Å². The number of aromatic nitrogens is 2. The van der Waals surface area contributed by atoms with Crippen LogP contribution in [0.3, 0.4) is 0 Å². The summed E-state index contributed by atoms with van der Waals surface area (Å²) in [4.78, 5) is 13.1. The van der Waals surface area contributed by atoms with Crippen molar-refractivity contribution in [2.75, 3.05) is 5.32 Å². The van der Waals surface area contributed by atoms with Gasteiger partial charge in [0.05, 0.1) is 12.2 Å². The quantitative estimate of drug-likeness (QED) is 0.396. The highest BCUT2D eigenvalue weighted by atomic mass is 19.1. The monoisotopic (exact) mass is 442 g/mol. The molecule has 4 rings (SSSR count). The highest BCUT2D eigenvalue weighted by Crippen LogP contribution is 2.20. The standard InChI is InChI=1S/C27H27FN4O/c1-19-25(20(2)32(31-19)18-21-9-5-3-6-10-21)17-29-26(22-11-7-4-8-12-22)27(33)30-24-15-13-23(28)14-16-24/h3-16,26,29H,17-18H2,1-2H3,(H,30,33)/t26-/m0/s1. The molecule has 0 fully saturated rings. The van der Waals surface area contributed by atoms with Crippen LogP contribution in [0.2, 0.25) is 0 Å². The molecule has 0 spiro atoms. The topological polar surface area (TPSA) is 59.0 Å². The van der Waals surface area contributed by atoms with Crippen molar-refractivity contribution in [1.82, 2.24) is 15.1 Å². The average Bonchev–Trinajstić information content (AvgIpc) is 3.09. The molecule has 33 heavy (non-hydrogen) atoms. The van der Waals surface area contributed by atoms with E-state index in [1.165, 1.54) is 17.7 Å². The number of hydrogen-bond donors (Lipinski definition) is 2. The lowest BCUT2D eigenvalue weighted by Crippen LogP contribution is -2.33.